The minimum absolute atomic E-state index is 0.193. The summed E-state index contributed by atoms with van der Waals surface area (Å²) in [7, 11) is 0. The molecule has 1 aromatic heterocycles. The Morgan fingerprint density at radius 3 is 2.44 bits per heavy atom. The first-order valence-corrected chi connectivity index (χ1v) is 11.7. The lowest BCUT2D eigenvalue weighted by Crippen LogP contribution is -2.28. The number of benzene rings is 3. The molecule has 0 atom stereocenters. The lowest BCUT2D eigenvalue weighted by molar-refractivity contribution is 0.0526. The standard InChI is InChI=1S/C28H27N3O3/c1-2-34-28(33)23-14-15-24-25(16-23)31(26(30-24)27(32)29-17-19-8-9-19)18-20-10-12-22(13-11-20)21-6-4-3-5-7-21/h3-7,10-16,19H,2,8-9,17-18H2,1H3,(H,29,32). The second-order valence-electron chi connectivity index (χ2n) is 8.66. The van der Waals surface area contributed by atoms with Crippen LogP contribution in [0.15, 0.2) is 72.8 Å². The largest absolute Gasteiger partial charge is 0.462 e. The van der Waals surface area contributed by atoms with Crippen LogP contribution in [0.3, 0.4) is 0 Å². The maximum atomic E-state index is 13.0. The van der Waals surface area contributed by atoms with E-state index >= 15 is 0 Å². The molecule has 6 heteroatoms. The molecule has 1 fully saturated rings. The van der Waals surface area contributed by atoms with Gasteiger partial charge in [-0.2, -0.15) is 0 Å². The Kier molecular flexibility index (Phi) is 6.12. The van der Waals surface area contributed by atoms with Gasteiger partial charge in [0.2, 0.25) is 0 Å². The second-order valence-corrected chi connectivity index (χ2v) is 8.66. The molecule has 0 spiro atoms. The molecule has 1 aliphatic rings. The van der Waals surface area contributed by atoms with Gasteiger partial charge in [-0.1, -0.05) is 54.6 Å². The molecular weight excluding hydrogens is 426 g/mol. The van der Waals surface area contributed by atoms with Gasteiger partial charge in [-0.15, -0.1) is 0 Å². The predicted octanol–water partition coefficient (Wildman–Crippen LogP) is 5.07. The molecule has 1 aliphatic carbocycles. The maximum absolute atomic E-state index is 13.0. The van der Waals surface area contributed by atoms with Crippen LogP contribution in [-0.4, -0.2) is 34.6 Å². The fourth-order valence-corrected chi connectivity index (χ4v) is 4.05. The van der Waals surface area contributed by atoms with Crippen molar-refractivity contribution in [3.63, 3.8) is 0 Å². The molecule has 4 aromatic rings. The molecule has 0 saturated heterocycles. The Balaban J connectivity index is 1.49. The van der Waals surface area contributed by atoms with Gasteiger partial charge in [0.25, 0.3) is 5.91 Å². The number of hydrogen-bond acceptors (Lipinski definition) is 4. The fourth-order valence-electron chi connectivity index (χ4n) is 4.05. The number of ether oxygens (including phenoxy) is 1. The Labute approximate surface area is 198 Å². The molecule has 5 rings (SSSR count). The number of esters is 1. The summed E-state index contributed by atoms with van der Waals surface area (Å²) < 4.78 is 7.06. The van der Waals surface area contributed by atoms with Crippen LogP contribution in [0.1, 0.15) is 46.3 Å². The number of amides is 1. The van der Waals surface area contributed by atoms with E-state index in [1.54, 1.807) is 25.1 Å². The summed E-state index contributed by atoms with van der Waals surface area (Å²) in [5, 5.41) is 3.02. The van der Waals surface area contributed by atoms with Gasteiger partial charge in [-0.3, -0.25) is 4.79 Å². The van der Waals surface area contributed by atoms with Gasteiger partial charge >= 0.3 is 5.97 Å². The van der Waals surface area contributed by atoms with E-state index in [-0.39, 0.29) is 11.9 Å². The van der Waals surface area contributed by atoms with Crippen molar-refractivity contribution in [2.75, 3.05) is 13.2 Å². The van der Waals surface area contributed by atoms with Crippen LogP contribution in [-0.2, 0) is 11.3 Å². The Morgan fingerprint density at radius 2 is 1.74 bits per heavy atom. The highest BCUT2D eigenvalue weighted by Gasteiger charge is 2.24. The third-order valence-corrected chi connectivity index (χ3v) is 6.11. The van der Waals surface area contributed by atoms with Crippen molar-refractivity contribution >= 4 is 22.9 Å². The molecule has 1 heterocycles. The zero-order valence-corrected chi connectivity index (χ0v) is 19.2. The summed E-state index contributed by atoms with van der Waals surface area (Å²) >= 11 is 0. The van der Waals surface area contributed by atoms with Crippen molar-refractivity contribution in [3.05, 3.63) is 89.7 Å². The number of fused-ring (bicyclic) bond motifs is 1. The average molecular weight is 454 g/mol. The average Bonchev–Trinajstić information content (AvgIpc) is 3.64. The molecule has 3 aromatic carbocycles. The normalized spacial score (nSPS) is 13.1. The molecule has 0 bridgehead atoms. The van der Waals surface area contributed by atoms with Gasteiger partial charge in [0, 0.05) is 13.1 Å². The van der Waals surface area contributed by atoms with Crippen molar-refractivity contribution in [3.8, 4) is 11.1 Å². The van der Waals surface area contributed by atoms with Gasteiger partial charge < -0.3 is 14.6 Å². The van der Waals surface area contributed by atoms with E-state index < -0.39 is 0 Å². The third kappa shape index (κ3) is 4.71. The third-order valence-electron chi connectivity index (χ3n) is 6.11. The number of nitrogens with zero attached hydrogens (tertiary/aromatic N) is 2. The van der Waals surface area contributed by atoms with E-state index in [4.69, 9.17) is 4.74 Å². The van der Waals surface area contributed by atoms with Gasteiger partial charge in [0.05, 0.1) is 23.2 Å². The molecule has 0 unspecified atom stereocenters. The number of imidazole rings is 1. The molecule has 0 radical (unpaired) electrons. The first-order chi connectivity index (χ1) is 16.6. The topological polar surface area (TPSA) is 73.2 Å². The molecule has 34 heavy (non-hydrogen) atoms. The second kappa shape index (κ2) is 9.51. The quantitative estimate of drug-likeness (QED) is 0.378. The Morgan fingerprint density at radius 1 is 1.00 bits per heavy atom. The van der Waals surface area contributed by atoms with Crippen molar-refractivity contribution in [2.45, 2.75) is 26.3 Å². The zero-order valence-electron chi connectivity index (χ0n) is 19.2. The number of nitrogens with one attached hydrogen (secondary N) is 1. The van der Waals surface area contributed by atoms with Crippen LogP contribution in [0.25, 0.3) is 22.2 Å². The maximum Gasteiger partial charge on any atom is 0.338 e. The highest BCUT2D eigenvalue weighted by molar-refractivity contribution is 5.98. The number of aromatic nitrogens is 2. The zero-order chi connectivity index (χ0) is 23.5. The van der Waals surface area contributed by atoms with Crippen LogP contribution in [0.5, 0.6) is 0 Å². The van der Waals surface area contributed by atoms with Crippen molar-refractivity contribution in [1.29, 1.82) is 0 Å². The fraction of sp³-hybridized carbons (Fsp3) is 0.250. The van der Waals surface area contributed by atoms with Crippen LogP contribution >= 0.6 is 0 Å². The Hall–Kier alpha value is -3.93. The molecule has 1 saturated carbocycles. The van der Waals surface area contributed by atoms with Gasteiger partial charge in [0.15, 0.2) is 5.82 Å². The molecule has 172 valence electrons. The summed E-state index contributed by atoms with van der Waals surface area (Å²) in [6.45, 7) is 3.22. The monoisotopic (exact) mass is 453 g/mol. The summed E-state index contributed by atoms with van der Waals surface area (Å²) in [5.74, 6) is 0.345. The van der Waals surface area contributed by atoms with Crippen LogP contribution in [0, 0.1) is 5.92 Å². The van der Waals surface area contributed by atoms with Crippen LogP contribution in [0.2, 0.25) is 0 Å². The summed E-state index contributed by atoms with van der Waals surface area (Å²) in [6.07, 6.45) is 2.32. The highest BCUT2D eigenvalue weighted by Crippen LogP contribution is 2.28. The molecule has 0 aliphatic heterocycles. The van der Waals surface area contributed by atoms with E-state index in [0.717, 1.165) is 35.0 Å². The molecule has 1 N–H and O–H groups in total. The van der Waals surface area contributed by atoms with E-state index in [9.17, 15) is 9.59 Å². The molecule has 1 amide bonds. The first-order valence-electron chi connectivity index (χ1n) is 11.7. The van der Waals surface area contributed by atoms with E-state index in [2.05, 4.69) is 46.7 Å². The van der Waals surface area contributed by atoms with E-state index in [0.29, 0.717) is 42.5 Å². The summed E-state index contributed by atoms with van der Waals surface area (Å²) in [5.41, 5.74) is 5.17. The number of carbonyl (C=O) groups is 2. The Bertz CT molecular complexity index is 1320. The van der Waals surface area contributed by atoms with Crippen molar-refractivity contribution in [2.24, 2.45) is 5.92 Å². The van der Waals surface area contributed by atoms with Crippen LogP contribution < -0.4 is 5.32 Å². The lowest BCUT2D eigenvalue weighted by atomic mass is 10.0. The van der Waals surface area contributed by atoms with E-state index in [1.807, 2.05) is 22.8 Å². The van der Waals surface area contributed by atoms with Gasteiger partial charge in [0.1, 0.15) is 0 Å². The van der Waals surface area contributed by atoms with E-state index in [1.165, 1.54) is 0 Å². The molecular formula is C28H27N3O3. The van der Waals surface area contributed by atoms with Gasteiger partial charge in [-0.05, 0) is 60.6 Å². The smallest absolute Gasteiger partial charge is 0.338 e. The summed E-state index contributed by atoms with van der Waals surface area (Å²) in [6, 6.07) is 23.7. The summed E-state index contributed by atoms with van der Waals surface area (Å²) in [4.78, 5) is 30.0. The first kappa shape index (κ1) is 21.9. The van der Waals surface area contributed by atoms with Crippen molar-refractivity contribution in [1.82, 2.24) is 14.9 Å². The minimum Gasteiger partial charge on any atom is -0.462 e. The molecule has 6 nitrogen and oxygen atoms in total. The van der Waals surface area contributed by atoms with Crippen LogP contribution in [0.4, 0.5) is 0 Å². The lowest BCUT2D eigenvalue weighted by Gasteiger charge is -2.11. The number of hydrogen-bond donors (Lipinski definition) is 1. The van der Waals surface area contributed by atoms with Crippen molar-refractivity contribution < 1.29 is 14.3 Å². The highest BCUT2D eigenvalue weighted by atomic mass is 16.5. The van der Waals surface area contributed by atoms with Gasteiger partial charge in [-0.25, -0.2) is 9.78 Å². The number of carbonyl (C=O) groups excluding carboxylic acids is 2. The SMILES string of the molecule is CCOC(=O)c1ccc2nc(C(=O)NCC3CC3)n(Cc3ccc(-c4ccccc4)cc3)c2c1. The number of rotatable bonds is 8. The predicted molar refractivity (Wildman–Crippen MR) is 132 cm³/mol. The minimum atomic E-state index is -0.385.